The first kappa shape index (κ1) is 11.4. The first-order valence-corrected chi connectivity index (χ1v) is 6.05. The summed E-state index contributed by atoms with van der Waals surface area (Å²) in [5.41, 5.74) is 6.29. The molecule has 1 aliphatic carbocycles. The molecule has 0 spiro atoms. The van der Waals surface area contributed by atoms with Crippen molar-refractivity contribution in [1.82, 2.24) is 4.98 Å². The van der Waals surface area contributed by atoms with E-state index >= 15 is 0 Å². The van der Waals surface area contributed by atoms with Gasteiger partial charge in [-0.05, 0) is 25.0 Å². The van der Waals surface area contributed by atoms with Gasteiger partial charge in [-0.15, -0.1) is 0 Å². The summed E-state index contributed by atoms with van der Waals surface area (Å²) in [7, 11) is 0. The second kappa shape index (κ2) is 4.42. The Kier molecular flexibility index (Phi) is 3.15. The van der Waals surface area contributed by atoms with E-state index in [2.05, 4.69) is 18.8 Å². The summed E-state index contributed by atoms with van der Waals surface area (Å²) in [6, 6.07) is 4.13. The van der Waals surface area contributed by atoms with Crippen LogP contribution in [0.25, 0.3) is 0 Å². The van der Waals surface area contributed by atoms with Gasteiger partial charge in [0.25, 0.3) is 0 Å². The van der Waals surface area contributed by atoms with Crippen LogP contribution in [0.4, 0.5) is 0 Å². The molecule has 1 fully saturated rings. The maximum atomic E-state index is 6.13. The number of pyridine rings is 1. The largest absolute Gasteiger partial charge is 0.488 e. The normalized spacial score (nSPS) is 27.2. The van der Waals surface area contributed by atoms with Gasteiger partial charge in [0.15, 0.2) is 0 Å². The van der Waals surface area contributed by atoms with Crippen LogP contribution in [0.15, 0.2) is 24.5 Å². The van der Waals surface area contributed by atoms with E-state index in [9.17, 15) is 0 Å². The smallest absolute Gasteiger partial charge is 0.138 e. The number of ether oxygens (including phenoxy) is 1. The van der Waals surface area contributed by atoms with Gasteiger partial charge in [-0.3, -0.25) is 4.98 Å². The van der Waals surface area contributed by atoms with Gasteiger partial charge in [0, 0.05) is 24.1 Å². The summed E-state index contributed by atoms with van der Waals surface area (Å²) in [4.78, 5) is 4.06. The minimum absolute atomic E-state index is 0.163. The molecule has 1 aromatic heterocycles. The average molecular weight is 220 g/mol. The van der Waals surface area contributed by atoms with Crippen molar-refractivity contribution in [2.45, 2.75) is 45.3 Å². The molecular formula is C13H20N2O. The maximum Gasteiger partial charge on any atom is 0.138 e. The van der Waals surface area contributed by atoms with Crippen LogP contribution in [0.2, 0.25) is 0 Å². The molecule has 1 aromatic rings. The minimum atomic E-state index is 0.163. The monoisotopic (exact) mass is 220 g/mol. The molecule has 0 radical (unpaired) electrons. The lowest BCUT2D eigenvalue weighted by Crippen LogP contribution is -2.62. The van der Waals surface area contributed by atoms with Gasteiger partial charge in [0.2, 0.25) is 0 Å². The van der Waals surface area contributed by atoms with Gasteiger partial charge in [0.1, 0.15) is 11.9 Å². The van der Waals surface area contributed by atoms with Crippen molar-refractivity contribution >= 4 is 0 Å². The highest BCUT2D eigenvalue weighted by Crippen LogP contribution is 2.47. The third-order valence-corrected chi connectivity index (χ3v) is 4.08. The Balaban J connectivity index is 2.07. The molecule has 0 aromatic carbocycles. The Labute approximate surface area is 97.0 Å². The van der Waals surface area contributed by atoms with Crippen LogP contribution < -0.4 is 10.5 Å². The van der Waals surface area contributed by atoms with Crippen molar-refractivity contribution in [2.75, 3.05) is 0 Å². The molecule has 0 bridgehead atoms. The Morgan fingerprint density at radius 2 is 2.25 bits per heavy atom. The van der Waals surface area contributed by atoms with E-state index in [0.717, 1.165) is 25.0 Å². The van der Waals surface area contributed by atoms with Crippen molar-refractivity contribution in [3.8, 4) is 5.75 Å². The van der Waals surface area contributed by atoms with Crippen LogP contribution in [0.3, 0.4) is 0 Å². The van der Waals surface area contributed by atoms with E-state index in [1.807, 2.05) is 12.1 Å². The molecule has 1 saturated carbocycles. The quantitative estimate of drug-likeness (QED) is 0.847. The fourth-order valence-corrected chi connectivity index (χ4v) is 2.75. The van der Waals surface area contributed by atoms with Gasteiger partial charge in [-0.1, -0.05) is 13.8 Å². The third-order valence-electron chi connectivity index (χ3n) is 4.08. The van der Waals surface area contributed by atoms with Crippen molar-refractivity contribution in [3.63, 3.8) is 0 Å². The van der Waals surface area contributed by atoms with Crippen LogP contribution in [0.1, 0.15) is 33.1 Å². The second-order valence-electron chi connectivity index (χ2n) is 4.58. The highest BCUT2D eigenvalue weighted by molar-refractivity contribution is 5.18. The Hall–Kier alpha value is -1.09. The standard InChI is InChI=1S/C13H20N2O/c1-3-13(4-2)11(14)8-12(13)16-10-6-5-7-15-9-10/h5-7,9,11-12H,3-4,8,14H2,1-2H3. The summed E-state index contributed by atoms with van der Waals surface area (Å²) in [6.45, 7) is 4.39. The molecule has 2 unspecified atom stereocenters. The van der Waals surface area contributed by atoms with E-state index < -0.39 is 0 Å². The van der Waals surface area contributed by atoms with Crippen LogP contribution >= 0.6 is 0 Å². The number of hydrogen-bond donors (Lipinski definition) is 1. The summed E-state index contributed by atoms with van der Waals surface area (Å²) < 4.78 is 5.98. The molecule has 1 aliphatic rings. The molecule has 3 nitrogen and oxygen atoms in total. The number of hydrogen-bond acceptors (Lipinski definition) is 3. The van der Waals surface area contributed by atoms with E-state index in [4.69, 9.17) is 10.5 Å². The lowest BCUT2D eigenvalue weighted by Gasteiger charge is -2.53. The molecule has 16 heavy (non-hydrogen) atoms. The lowest BCUT2D eigenvalue weighted by molar-refractivity contribution is -0.0723. The maximum absolute atomic E-state index is 6.13. The Morgan fingerprint density at radius 1 is 1.50 bits per heavy atom. The fourth-order valence-electron chi connectivity index (χ4n) is 2.75. The molecule has 0 amide bonds. The van der Waals surface area contributed by atoms with Crippen LogP contribution in [0, 0.1) is 5.41 Å². The number of nitrogens with zero attached hydrogens (tertiary/aromatic N) is 1. The molecule has 1 heterocycles. The van der Waals surface area contributed by atoms with Crippen molar-refractivity contribution < 1.29 is 4.74 Å². The van der Waals surface area contributed by atoms with Crippen molar-refractivity contribution in [2.24, 2.45) is 11.1 Å². The van der Waals surface area contributed by atoms with Crippen molar-refractivity contribution in [1.29, 1.82) is 0 Å². The fraction of sp³-hybridized carbons (Fsp3) is 0.615. The topological polar surface area (TPSA) is 48.1 Å². The highest BCUT2D eigenvalue weighted by Gasteiger charge is 2.52. The van der Waals surface area contributed by atoms with E-state index in [1.54, 1.807) is 12.4 Å². The highest BCUT2D eigenvalue weighted by atomic mass is 16.5. The Bertz CT molecular complexity index is 335. The van der Waals surface area contributed by atoms with Crippen LogP contribution in [-0.2, 0) is 0 Å². The summed E-state index contributed by atoms with van der Waals surface area (Å²) in [5, 5.41) is 0. The minimum Gasteiger partial charge on any atom is -0.488 e. The van der Waals surface area contributed by atoms with E-state index in [0.29, 0.717) is 0 Å². The first-order valence-electron chi connectivity index (χ1n) is 6.05. The first-order chi connectivity index (χ1) is 7.73. The lowest BCUT2D eigenvalue weighted by atomic mass is 9.59. The zero-order valence-electron chi connectivity index (χ0n) is 10.0. The van der Waals surface area contributed by atoms with Gasteiger partial charge >= 0.3 is 0 Å². The van der Waals surface area contributed by atoms with Gasteiger partial charge in [0.05, 0.1) is 6.20 Å². The van der Waals surface area contributed by atoms with Gasteiger partial charge in [-0.25, -0.2) is 0 Å². The summed E-state index contributed by atoms with van der Waals surface area (Å²) in [5.74, 6) is 0.852. The van der Waals surface area contributed by atoms with E-state index in [-0.39, 0.29) is 17.6 Å². The predicted molar refractivity (Wildman–Crippen MR) is 64.3 cm³/mol. The SMILES string of the molecule is CCC1(CC)C(N)CC1Oc1cccnc1. The van der Waals surface area contributed by atoms with Crippen molar-refractivity contribution in [3.05, 3.63) is 24.5 Å². The number of rotatable bonds is 4. The number of nitrogens with two attached hydrogens (primary N) is 1. The molecule has 2 atom stereocenters. The number of aromatic nitrogens is 1. The molecular weight excluding hydrogens is 200 g/mol. The third kappa shape index (κ3) is 1.69. The molecule has 0 saturated heterocycles. The molecule has 3 heteroatoms. The van der Waals surface area contributed by atoms with Gasteiger partial charge in [-0.2, -0.15) is 0 Å². The predicted octanol–water partition coefficient (Wildman–Crippen LogP) is 2.37. The second-order valence-corrected chi connectivity index (χ2v) is 4.58. The molecule has 2 N–H and O–H groups in total. The zero-order chi connectivity index (χ0) is 11.6. The average Bonchev–Trinajstić information content (AvgIpc) is 2.32. The van der Waals surface area contributed by atoms with Crippen LogP contribution in [0.5, 0.6) is 5.75 Å². The van der Waals surface area contributed by atoms with Gasteiger partial charge < -0.3 is 10.5 Å². The zero-order valence-corrected chi connectivity index (χ0v) is 10.0. The summed E-state index contributed by atoms with van der Waals surface area (Å²) in [6.07, 6.45) is 6.88. The van der Waals surface area contributed by atoms with Crippen LogP contribution in [-0.4, -0.2) is 17.1 Å². The summed E-state index contributed by atoms with van der Waals surface area (Å²) >= 11 is 0. The molecule has 2 rings (SSSR count). The molecule has 0 aliphatic heterocycles. The Morgan fingerprint density at radius 3 is 2.75 bits per heavy atom. The molecule has 88 valence electrons. The van der Waals surface area contributed by atoms with E-state index in [1.165, 1.54) is 0 Å².